The third-order valence-electron chi connectivity index (χ3n) is 3.37. The zero-order valence-electron chi connectivity index (χ0n) is 13.3. The van der Waals surface area contributed by atoms with Crippen LogP contribution in [-0.4, -0.2) is 11.5 Å². The summed E-state index contributed by atoms with van der Waals surface area (Å²) in [5, 5.41) is 4.61. The third-order valence-corrected chi connectivity index (χ3v) is 4.26. The van der Waals surface area contributed by atoms with Gasteiger partial charge in [0.1, 0.15) is 12.4 Å². The molecule has 0 amide bonds. The first-order valence-electron chi connectivity index (χ1n) is 7.48. The van der Waals surface area contributed by atoms with Crippen LogP contribution < -0.4 is 10.1 Å². The van der Waals surface area contributed by atoms with Crippen LogP contribution in [0.15, 0.2) is 24.4 Å². The smallest absolute Gasteiger partial charge is 0.124 e. The van der Waals surface area contributed by atoms with E-state index in [1.807, 2.05) is 13.1 Å². The van der Waals surface area contributed by atoms with Gasteiger partial charge in [0.25, 0.3) is 0 Å². The van der Waals surface area contributed by atoms with Gasteiger partial charge < -0.3 is 10.1 Å². The molecule has 3 nitrogen and oxygen atoms in total. The molecule has 1 unspecified atom stereocenters. The van der Waals surface area contributed by atoms with E-state index in [4.69, 9.17) is 4.74 Å². The van der Waals surface area contributed by atoms with Gasteiger partial charge >= 0.3 is 0 Å². The molecule has 0 spiro atoms. The average Bonchev–Trinajstić information content (AvgIpc) is 2.89. The van der Waals surface area contributed by atoms with Gasteiger partial charge in [0.15, 0.2) is 0 Å². The Morgan fingerprint density at radius 3 is 2.81 bits per heavy atom. The number of ether oxygens (including phenoxy) is 1. The molecule has 0 saturated heterocycles. The Morgan fingerprint density at radius 2 is 2.14 bits per heavy atom. The van der Waals surface area contributed by atoms with E-state index in [-0.39, 0.29) is 0 Å². The molecule has 1 N–H and O–H groups in total. The fourth-order valence-corrected chi connectivity index (χ4v) is 2.94. The normalized spacial score (nSPS) is 12.4. The maximum atomic E-state index is 6.02. The lowest BCUT2D eigenvalue weighted by Crippen LogP contribution is -2.20. The summed E-state index contributed by atoms with van der Waals surface area (Å²) < 4.78 is 6.02. The monoisotopic (exact) mass is 304 g/mol. The second-order valence-electron chi connectivity index (χ2n) is 5.35. The van der Waals surface area contributed by atoms with Gasteiger partial charge in [-0.25, -0.2) is 4.98 Å². The number of hydrogen-bond donors (Lipinski definition) is 1. The number of rotatable bonds is 7. The van der Waals surface area contributed by atoms with E-state index >= 15 is 0 Å². The van der Waals surface area contributed by atoms with Crippen molar-refractivity contribution < 1.29 is 4.74 Å². The van der Waals surface area contributed by atoms with Crippen molar-refractivity contribution in [2.75, 3.05) is 6.54 Å². The average molecular weight is 304 g/mol. The maximum absolute atomic E-state index is 6.02. The number of aryl methyl sites for hydroxylation is 2. The fourth-order valence-electron chi connectivity index (χ4n) is 2.23. The van der Waals surface area contributed by atoms with E-state index in [9.17, 15) is 0 Å². The first kappa shape index (κ1) is 16.0. The SMILES string of the molecule is CCCNC(C)c1cc(C)ccc1OCc1cnc(C)s1. The molecule has 1 aromatic heterocycles. The minimum absolute atomic E-state index is 0.294. The van der Waals surface area contributed by atoms with Crippen LogP contribution in [0.4, 0.5) is 0 Å². The molecule has 2 rings (SSSR count). The van der Waals surface area contributed by atoms with Gasteiger partial charge in [-0.15, -0.1) is 11.3 Å². The number of thiazole rings is 1. The van der Waals surface area contributed by atoms with Crippen LogP contribution in [0.2, 0.25) is 0 Å². The van der Waals surface area contributed by atoms with Crippen molar-refractivity contribution >= 4 is 11.3 Å². The lowest BCUT2D eigenvalue weighted by molar-refractivity contribution is 0.303. The molecular formula is C17H24N2OS. The number of aromatic nitrogens is 1. The number of nitrogens with one attached hydrogen (secondary N) is 1. The summed E-state index contributed by atoms with van der Waals surface area (Å²) in [6.07, 6.45) is 3.03. The molecule has 0 bridgehead atoms. The Bertz CT molecular complexity index is 580. The highest BCUT2D eigenvalue weighted by Crippen LogP contribution is 2.27. The fraction of sp³-hybridized carbons (Fsp3) is 0.471. The van der Waals surface area contributed by atoms with E-state index in [1.54, 1.807) is 11.3 Å². The summed E-state index contributed by atoms with van der Waals surface area (Å²) in [5.74, 6) is 0.961. The van der Waals surface area contributed by atoms with Crippen molar-refractivity contribution in [3.63, 3.8) is 0 Å². The van der Waals surface area contributed by atoms with E-state index in [0.717, 1.165) is 28.6 Å². The number of benzene rings is 1. The molecule has 21 heavy (non-hydrogen) atoms. The van der Waals surface area contributed by atoms with Gasteiger partial charge in [0.2, 0.25) is 0 Å². The molecule has 2 aromatic rings. The molecular weight excluding hydrogens is 280 g/mol. The van der Waals surface area contributed by atoms with Crippen LogP contribution in [0.5, 0.6) is 5.75 Å². The van der Waals surface area contributed by atoms with Crippen LogP contribution in [-0.2, 0) is 6.61 Å². The van der Waals surface area contributed by atoms with Gasteiger partial charge in [-0.1, -0.05) is 24.6 Å². The highest BCUT2D eigenvalue weighted by Gasteiger charge is 2.12. The van der Waals surface area contributed by atoms with E-state index in [2.05, 4.69) is 49.3 Å². The summed E-state index contributed by atoms with van der Waals surface area (Å²) in [7, 11) is 0. The molecule has 0 aliphatic carbocycles. The molecule has 1 heterocycles. The minimum Gasteiger partial charge on any atom is -0.488 e. The van der Waals surface area contributed by atoms with Crippen LogP contribution >= 0.6 is 11.3 Å². The quantitative estimate of drug-likeness (QED) is 0.823. The Balaban J connectivity index is 2.10. The first-order chi connectivity index (χ1) is 10.1. The van der Waals surface area contributed by atoms with Gasteiger partial charge in [-0.3, -0.25) is 0 Å². The zero-order valence-corrected chi connectivity index (χ0v) is 14.1. The number of hydrogen-bond acceptors (Lipinski definition) is 4. The van der Waals surface area contributed by atoms with Crippen LogP contribution in [0, 0.1) is 13.8 Å². The summed E-state index contributed by atoms with van der Waals surface area (Å²) in [5.41, 5.74) is 2.49. The van der Waals surface area contributed by atoms with Gasteiger partial charge in [0.05, 0.1) is 9.88 Å². The van der Waals surface area contributed by atoms with E-state index in [1.165, 1.54) is 11.1 Å². The van der Waals surface area contributed by atoms with Crippen molar-refractivity contribution in [2.45, 2.75) is 46.8 Å². The maximum Gasteiger partial charge on any atom is 0.124 e. The Morgan fingerprint density at radius 1 is 1.33 bits per heavy atom. The van der Waals surface area contributed by atoms with Crippen LogP contribution in [0.25, 0.3) is 0 Å². The highest BCUT2D eigenvalue weighted by atomic mass is 32.1. The second-order valence-corrected chi connectivity index (χ2v) is 6.67. The largest absolute Gasteiger partial charge is 0.488 e. The van der Waals surface area contributed by atoms with Gasteiger partial charge in [-0.2, -0.15) is 0 Å². The van der Waals surface area contributed by atoms with E-state index < -0.39 is 0 Å². The molecule has 0 aliphatic heterocycles. The van der Waals surface area contributed by atoms with Crippen molar-refractivity contribution in [3.8, 4) is 5.75 Å². The second kappa shape index (κ2) is 7.57. The molecule has 4 heteroatoms. The third kappa shape index (κ3) is 4.55. The summed E-state index contributed by atoms with van der Waals surface area (Å²) in [6, 6.07) is 6.68. The van der Waals surface area contributed by atoms with Crippen LogP contribution in [0.1, 0.15) is 47.3 Å². The van der Waals surface area contributed by atoms with Crippen molar-refractivity contribution in [1.82, 2.24) is 10.3 Å². The molecule has 0 saturated carbocycles. The minimum atomic E-state index is 0.294. The lowest BCUT2D eigenvalue weighted by Gasteiger charge is -2.18. The molecule has 1 aromatic carbocycles. The van der Waals surface area contributed by atoms with Gasteiger partial charge in [-0.05, 0) is 39.8 Å². The predicted octanol–water partition coefficient (Wildman–Crippen LogP) is 4.40. The number of nitrogens with zero attached hydrogens (tertiary/aromatic N) is 1. The van der Waals surface area contributed by atoms with Crippen LogP contribution in [0.3, 0.4) is 0 Å². The molecule has 0 aliphatic rings. The van der Waals surface area contributed by atoms with Crippen molar-refractivity contribution in [2.24, 2.45) is 0 Å². The van der Waals surface area contributed by atoms with Crippen molar-refractivity contribution in [3.05, 3.63) is 45.4 Å². The molecule has 0 radical (unpaired) electrons. The Kier molecular flexibility index (Phi) is 5.76. The Hall–Kier alpha value is -1.39. The lowest BCUT2D eigenvalue weighted by atomic mass is 10.0. The summed E-state index contributed by atoms with van der Waals surface area (Å²) in [6.45, 7) is 10.1. The first-order valence-corrected chi connectivity index (χ1v) is 8.29. The molecule has 1 atom stereocenters. The predicted molar refractivity (Wildman–Crippen MR) is 89.1 cm³/mol. The topological polar surface area (TPSA) is 34.1 Å². The van der Waals surface area contributed by atoms with Gasteiger partial charge in [0, 0.05) is 17.8 Å². The zero-order chi connectivity index (χ0) is 15.2. The Labute approximate surface area is 131 Å². The van der Waals surface area contributed by atoms with E-state index in [0.29, 0.717) is 12.6 Å². The van der Waals surface area contributed by atoms with Crippen molar-refractivity contribution in [1.29, 1.82) is 0 Å². The summed E-state index contributed by atoms with van der Waals surface area (Å²) >= 11 is 1.69. The highest BCUT2D eigenvalue weighted by molar-refractivity contribution is 7.11. The molecule has 114 valence electrons. The molecule has 0 fully saturated rings. The summed E-state index contributed by atoms with van der Waals surface area (Å²) in [4.78, 5) is 5.43. The standard InChI is InChI=1S/C17H24N2OS/c1-5-8-18-13(3)16-9-12(2)6-7-17(16)20-11-15-10-19-14(4)21-15/h6-7,9-10,13,18H,5,8,11H2,1-4H3.